The molecule has 0 amide bonds. The minimum absolute atomic E-state index is 0.0750. The Bertz CT molecular complexity index is 1480. The minimum Gasteiger partial charge on any atom is -0.462 e. The van der Waals surface area contributed by atoms with Gasteiger partial charge in [-0.3, -0.25) is 14.4 Å². The van der Waals surface area contributed by atoms with Gasteiger partial charge >= 0.3 is 17.9 Å². The number of hydrogen-bond acceptors (Lipinski definition) is 6. The molecule has 0 fully saturated rings. The molecule has 0 aliphatic rings. The first-order chi connectivity index (χ1) is 38.5. The van der Waals surface area contributed by atoms with Gasteiger partial charge in [-0.15, -0.1) is 0 Å². The summed E-state index contributed by atoms with van der Waals surface area (Å²) in [6.45, 7) is 6.55. The number of hydrogen-bond donors (Lipinski definition) is 0. The predicted molar refractivity (Wildman–Crippen MR) is 339 cm³/mol. The van der Waals surface area contributed by atoms with Crippen LogP contribution in [0.15, 0.2) is 85.1 Å². The lowest BCUT2D eigenvalue weighted by molar-refractivity contribution is -0.167. The highest BCUT2D eigenvalue weighted by molar-refractivity contribution is 5.71. The Morgan fingerprint density at radius 2 is 0.500 bits per heavy atom. The molecule has 0 rings (SSSR count). The molecule has 0 radical (unpaired) electrons. The van der Waals surface area contributed by atoms with Crippen molar-refractivity contribution in [1.82, 2.24) is 0 Å². The van der Waals surface area contributed by atoms with E-state index in [0.717, 1.165) is 109 Å². The second-order valence-corrected chi connectivity index (χ2v) is 22.4. The van der Waals surface area contributed by atoms with Crippen molar-refractivity contribution in [2.45, 2.75) is 341 Å². The SMILES string of the molecule is CC/C=C\C/C=C\C/C=C\C/C=C\C/C=C\C/C=C\C/C=C\CCCCCCCCCC(=O)OCC(COC(=O)CCCCCCCCCCCCC)OC(=O)CCCCCCCCCCCCCCCCCCCCCC. The Hall–Kier alpha value is -3.41. The van der Waals surface area contributed by atoms with Gasteiger partial charge in [-0.1, -0.05) is 324 Å². The maximum absolute atomic E-state index is 12.9. The lowest BCUT2D eigenvalue weighted by Crippen LogP contribution is -2.30. The van der Waals surface area contributed by atoms with Gasteiger partial charge in [0.15, 0.2) is 6.10 Å². The Balaban J connectivity index is 4.26. The Kier molecular flexibility index (Phi) is 63.2. The van der Waals surface area contributed by atoms with Gasteiger partial charge in [-0.2, -0.15) is 0 Å². The zero-order valence-electron chi connectivity index (χ0n) is 51.7. The van der Waals surface area contributed by atoms with Crippen LogP contribution in [-0.2, 0) is 28.6 Å². The molecule has 0 aliphatic carbocycles. The van der Waals surface area contributed by atoms with E-state index in [1.54, 1.807) is 0 Å². The Morgan fingerprint density at radius 3 is 0.782 bits per heavy atom. The zero-order valence-corrected chi connectivity index (χ0v) is 51.7. The smallest absolute Gasteiger partial charge is 0.306 e. The van der Waals surface area contributed by atoms with Crippen molar-refractivity contribution in [2.24, 2.45) is 0 Å². The average Bonchev–Trinajstić information content (AvgIpc) is 3.44. The predicted octanol–water partition coefficient (Wildman–Crippen LogP) is 23.1. The minimum atomic E-state index is -0.778. The van der Waals surface area contributed by atoms with Crippen LogP contribution in [0.25, 0.3) is 0 Å². The van der Waals surface area contributed by atoms with E-state index in [4.69, 9.17) is 14.2 Å². The quantitative estimate of drug-likeness (QED) is 0.0261. The normalized spacial score (nSPS) is 12.6. The number of esters is 3. The van der Waals surface area contributed by atoms with E-state index in [1.165, 1.54) is 186 Å². The van der Waals surface area contributed by atoms with Crippen molar-refractivity contribution in [3.8, 4) is 0 Å². The van der Waals surface area contributed by atoms with Crippen molar-refractivity contribution in [2.75, 3.05) is 13.2 Å². The monoisotopic (exact) mass is 1090 g/mol. The third kappa shape index (κ3) is 63.4. The van der Waals surface area contributed by atoms with Crippen LogP contribution in [0.1, 0.15) is 335 Å². The highest BCUT2D eigenvalue weighted by atomic mass is 16.6. The molecule has 0 aromatic heterocycles. The molecule has 0 aliphatic heterocycles. The first-order valence-corrected chi connectivity index (χ1v) is 33.6. The number of unbranched alkanes of at least 4 members (excludes halogenated alkanes) is 36. The van der Waals surface area contributed by atoms with Gasteiger partial charge in [0.05, 0.1) is 0 Å². The molecule has 0 N–H and O–H groups in total. The summed E-state index contributed by atoms with van der Waals surface area (Å²) in [5.74, 6) is -0.870. The second-order valence-electron chi connectivity index (χ2n) is 22.4. The van der Waals surface area contributed by atoms with E-state index < -0.39 is 6.10 Å². The maximum Gasteiger partial charge on any atom is 0.306 e. The van der Waals surface area contributed by atoms with Crippen LogP contribution in [-0.4, -0.2) is 37.2 Å². The van der Waals surface area contributed by atoms with Crippen molar-refractivity contribution in [3.63, 3.8) is 0 Å². The van der Waals surface area contributed by atoms with Crippen LogP contribution in [0.5, 0.6) is 0 Å². The molecule has 6 nitrogen and oxygen atoms in total. The van der Waals surface area contributed by atoms with Crippen molar-refractivity contribution in [3.05, 3.63) is 85.1 Å². The van der Waals surface area contributed by atoms with Gasteiger partial charge < -0.3 is 14.2 Å². The Labute approximate surface area is 484 Å². The number of ether oxygens (including phenoxy) is 3. The topological polar surface area (TPSA) is 78.9 Å². The van der Waals surface area contributed by atoms with Crippen molar-refractivity contribution < 1.29 is 28.6 Å². The molecular weight excluding hydrogens is 961 g/mol. The van der Waals surface area contributed by atoms with Gasteiger partial charge in [-0.25, -0.2) is 0 Å². The molecule has 0 bridgehead atoms. The summed E-state index contributed by atoms with van der Waals surface area (Å²) in [7, 11) is 0. The molecule has 0 aromatic carbocycles. The summed E-state index contributed by atoms with van der Waals surface area (Å²) in [6, 6.07) is 0. The lowest BCUT2D eigenvalue weighted by Gasteiger charge is -2.18. The molecule has 450 valence electrons. The molecule has 0 heterocycles. The number of carbonyl (C=O) groups is 3. The van der Waals surface area contributed by atoms with Gasteiger partial charge in [0, 0.05) is 19.3 Å². The lowest BCUT2D eigenvalue weighted by atomic mass is 10.0. The fourth-order valence-electron chi connectivity index (χ4n) is 9.66. The number of allylic oxidation sites excluding steroid dienone is 14. The molecule has 78 heavy (non-hydrogen) atoms. The largest absolute Gasteiger partial charge is 0.462 e. The standard InChI is InChI=1S/C72H126O6/c1-4-7-10-13-16-19-22-24-26-28-30-32-33-34-35-36-37-38-39-40-42-43-45-47-50-53-56-59-62-65-71(74)77-68-69(67-76-70(73)64-61-58-55-52-49-21-18-15-12-9-6-3)78-72(75)66-63-60-57-54-51-48-46-44-41-31-29-27-25-23-20-17-14-11-8-5-2/h7,10,16,19,24,26,30,32,34-35,37-38,40,42,69H,4-6,8-9,11-15,17-18,20-23,25,27-29,31,33,36,39,41,43-68H2,1-3H3/b10-7-,19-16-,26-24-,32-30-,35-34-,38-37-,42-40-. The molecule has 6 heteroatoms. The summed E-state index contributed by atoms with van der Waals surface area (Å²) in [5.41, 5.74) is 0. The summed E-state index contributed by atoms with van der Waals surface area (Å²) >= 11 is 0. The molecule has 1 atom stereocenters. The van der Waals surface area contributed by atoms with E-state index in [1.807, 2.05) is 0 Å². The maximum atomic E-state index is 12.9. The third-order valence-corrected chi connectivity index (χ3v) is 14.7. The van der Waals surface area contributed by atoms with E-state index >= 15 is 0 Å². The summed E-state index contributed by atoms with van der Waals surface area (Å²) < 4.78 is 16.9. The molecular formula is C72H126O6. The first-order valence-electron chi connectivity index (χ1n) is 33.6. The third-order valence-electron chi connectivity index (χ3n) is 14.7. The highest BCUT2D eigenvalue weighted by Gasteiger charge is 2.19. The van der Waals surface area contributed by atoms with Crippen molar-refractivity contribution >= 4 is 17.9 Å². The number of carbonyl (C=O) groups excluding carboxylic acids is 3. The molecule has 0 saturated carbocycles. The first kappa shape index (κ1) is 74.6. The van der Waals surface area contributed by atoms with Crippen molar-refractivity contribution in [1.29, 1.82) is 0 Å². The summed E-state index contributed by atoms with van der Waals surface area (Å²) in [4.78, 5) is 38.3. The zero-order chi connectivity index (χ0) is 56.4. The van der Waals surface area contributed by atoms with E-state index in [-0.39, 0.29) is 31.1 Å². The van der Waals surface area contributed by atoms with E-state index in [9.17, 15) is 14.4 Å². The van der Waals surface area contributed by atoms with Crippen LogP contribution >= 0.6 is 0 Å². The molecule has 0 spiro atoms. The van der Waals surface area contributed by atoms with Crippen LogP contribution in [0, 0.1) is 0 Å². The highest BCUT2D eigenvalue weighted by Crippen LogP contribution is 2.17. The van der Waals surface area contributed by atoms with Crippen LogP contribution in [0.4, 0.5) is 0 Å². The van der Waals surface area contributed by atoms with Crippen LogP contribution in [0.3, 0.4) is 0 Å². The fourth-order valence-corrected chi connectivity index (χ4v) is 9.66. The molecule has 0 saturated heterocycles. The van der Waals surface area contributed by atoms with Gasteiger partial charge in [0.25, 0.3) is 0 Å². The second kappa shape index (κ2) is 66.1. The van der Waals surface area contributed by atoms with E-state index in [0.29, 0.717) is 19.3 Å². The number of rotatable bonds is 61. The van der Waals surface area contributed by atoms with Crippen LogP contribution < -0.4 is 0 Å². The average molecular weight is 1090 g/mol. The van der Waals surface area contributed by atoms with E-state index in [2.05, 4.69) is 106 Å². The van der Waals surface area contributed by atoms with Gasteiger partial charge in [0.1, 0.15) is 13.2 Å². The Morgan fingerprint density at radius 1 is 0.269 bits per heavy atom. The molecule has 0 aromatic rings. The summed E-state index contributed by atoms with van der Waals surface area (Å²) in [5, 5.41) is 0. The van der Waals surface area contributed by atoms with Gasteiger partial charge in [0.2, 0.25) is 0 Å². The van der Waals surface area contributed by atoms with Crippen LogP contribution in [0.2, 0.25) is 0 Å². The molecule has 1 unspecified atom stereocenters. The summed E-state index contributed by atoms with van der Waals surface area (Å²) in [6.07, 6.45) is 87.4. The van der Waals surface area contributed by atoms with Gasteiger partial charge in [-0.05, 0) is 77.0 Å². The fraction of sp³-hybridized carbons (Fsp3) is 0.764.